The number of fused-ring (bicyclic) bond motifs is 36. The molecule has 0 radical (unpaired) electrons. The van der Waals surface area contributed by atoms with Gasteiger partial charge in [0, 0.05) is 112 Å². The summed E-state index contributed by atoms with van der Waals surface area (Å²) in [4.78, 5) is 0. The van der Waals surface area contributed by atoms with Crippen molar-refractivity contribution in [1.82, 2.24) is 13.7 Å². The number of hydrogen-bond donors (Lipinski definition) is 0. The molecule has 0 aliphatic heterocycles. The van der Waals surface area contributed by atoms with Crippen LogP contribution in [-0.2, 0) is 16.2 Å². The van der Waals surface area contributed by atoms with Crippen LogP contribution in [0.2, 0.25) is 0 Å². The third-order valence-electron chi connectivity index (χ3n) is 29.4. The summed E-state index contributed by atoms with van der Waals surface area (Å²) >= 11 is 3.78. The molecule has 0 fully saturated rings. The maximum atomic E-state index is 6.36. The second-order valence-corrected chi connectivity index (χ2v) is 39.2. The molecule has 129 heavy (non-hydrogen) atoms. The molecule has 0 atom stereocenters. The van der Waals surface area contributed by atoms with Crippen molar-refractivity contribution in [3.8, 4) is 72.7 Å². The van der Waals surface area contributed by atoms with Gasteiger partial charge >= 0.3 is 0 Å². The standard InChI is InChI=1S/C43H29NO.C43H29NS.C37H25NS/c2*1-43(2)36-15-6-3-10-29(36)32-23-22-31-33(41(32)43)24-25-38-40(31)35-12-4-7-16-37(35)44(38)27-20-18-26(19-21-27)28-13-9-14-34-30-11-5-8-17-39(30)45-42(28)34;1-37(2)29-14-6-3-10-22(29)25-19-18-24-26(35(25)37)20-21-31-34(24)28-12-4-7-15-30(28)38(31)32-16-9-13-27-23-11-5-8-17-33(23)39-36(27)32/h2*3-25H,1-2H3;3-21H,1-2H3. The lowest BCUT2D eigenvalue weighted by Crippen LogP contribution is -2.15. The smallest absolute Gasteiger partial charge is 0.143 e. The molecule has 0 spiro atoms. The predicted molar refractivity (Wildman–Crippen MR) is 551 cm³/mol. The summed E-state index contributed by atoms with van der Waals surface area (Å²) in [5, 5.41) is 23.6. The third kappa shape index (κ3) is 10.5. The van der Waals surface area contributed by atoms with E-state index >= 15 is 0 Å². The summed E-state index contributed by atoms with van der Waals surface area (Å²) in [5.41, 5.74) is 34.3. The summed E-state index contributed by atoms with van der Waals surface area (Å²) in [5.74, 6) is 0. The van der Waals surface area contributed by atoms with Crippen molar-refractivity contribution in [1.29, 1.82) is 0 Å². The largest absolute Gasteiger partial charge is 0.455 e. The van der Waals surface area contributed by atoms with Gasteiger partial charge in [0.25, 0.3) is 0 Å². The molecule has 6 aromatic heterocycles. The predicted octanol–water partition coefficient (Wildman–Crippen LogP) is 34.7. The van der Waals surface area contributed by atoms with Gasteiger partial charge in [-0.05, 0) is 201 Å². The Morgan fingerprint density at radius 2 is 0.543 bits per heavy atom. The van der Waals surface area contributed by atoms with Gasteiger partial charge in [0.05, 0.1) is 43.5 Å². The Labute approximate surface area is 753 Å². The van der Waals surface area contributed by atoms with E-state index in [4.69, 9.17) is 4.42 Å². The normalized spacial score (nSPS) is 13.8. The molecule has 0 saturated carbocycles. The minimum Gasteiger partial charge on any atom is -0.455 e. The van der Waals surface area contributed by atoms with Crippen LogP contribution >= 0.6 is 22.7 Å². The number of rotatable bonds is 5. The molecule has 608 valence electrons. The van der Waals surface area contributed by atoms with Gasteiger partial charge in [-0.25, -0.2) is 0 Å². The highest BCUT2D eigenvalue weighted by Crippen LogP contribution is 2.58. The van der Waals surface area contributed by atoms with E-state index in [1.807, 2.05) is 34.8 Å². The maximum Gasteiger partial charge on any atom is 0.143 e. The van der Waals surface area contributed by atoms with E-state index in [0.717, 1.165) is 38.8 Å². The van der Waals surface area contributed by atoms with E-state index in [0.29, 0.717) is 0 Å². The van der Waals surface area contributed by atoms with Crippen molar-refractivity contribution in [2.45, 2.75) is 57.8 Å². The zero-order chi connectivity index (χ0) is 85.6. The molecular weight excluding hydrogens is 1600 g/mol. The van der Waals surface area contributed by atoms with E-state index in [-0.39, 0.29) is 16.2 Å². The second-order valence-electron chi connectivity index (χ2n) is 37.1. The van der Waals surface area contributed by atoms with Gasteiger partial charge in [-0.15, -0.1) is 22.7 Å². The summed E-state index contributed by atoms with van der Waals surface area (Å²) in [6, 6.07) is 146. The zero-order valence-corrected chi connectivity index (χ0v) is 73.7. The van der Waals surface area contributed by atoms with Crippen LogP contribution in [-0.4, -0.2) is 13.7 Å². The van der Waals surface area contributed by atoms with Crippen LogP contribution in [0, 0.1) is 0 Å². The number of hydrogen-bond acceptors (Lipinski definition) is 3. The molecule has 3 aliphatic rings. The Bertz CT molecular complexity index is 8980. The minimum absolute atomic E-state index is 0.0415. The first-order valence-corrected chi connectivity index (χ1v) is 46.7. The SMILES string of the molecule is CC1(C)c2ccccc2-c2ccc3c(ccc4c3c3ccccc3n4-c3ccc(-c4cccc5c4oc4ccccc45)cc3)c21.CC1(C)c2ccccc2-c2ccc3c(ccc4c3c3ccccc3n4-c3ccc(-c4cccc5c4sc4ccccc45)cc3)c21.CC1(C)c2ccccc2-c2ccc3c(ccc4c3c3ccccc3n4-c3cccc4c3sc3ccccc34)c21. The topological polar surface area (TPSA) is 27.9 Å². The van der Waals surface area contributed by atoms with Gasteiger partial charge in [-0.3, -0.25) is 0 Å². The Balaban J connectivity index is 0.000000100. The molecule has 0 saturated heterocycles. The van der Waals surface area contributed by atoms with Gasteiger partial charge in [0.2, 0.25) is 0 Å². The molecule has 0 bridgehead atoms. The quantitative estimate of drug-likeness (QED) is 0.169. The van der Waals surface area contributed by atoms with Crippen molar-refractivity contribution < 1.29 is 4.42 Å². The molecular formula is C123H83N3OS2. The van der Waals surface area contributed by atoms with Crippen LogP contribution in [0.3, 0.4) is 0 Å². The lowest BCUT2D eigenvalue weighted by atomic mass is 9.80. The van der Waals surface area contributed by atoms with E-state index in [1.54, 1.807) is 0 Å². The highest BCUT2D eigenvalue weighted by atomic mass is 32.1. The van der Waals surface area contributed by atoms with Gasteiger partial charge in [0.15, 0.2) is 0 Å². The summed E-state index contributed by atoms with van der Waals surface area (Å²) < 4.78 is 19.1. The Hall–Kier alpha value is -15.2. The first-order chi connectivity index (χ1) is 63.3. The van der Waals surface area contributed by atoms with Crippen LogP contribution in [0.15, 0.2) is 399 Å². The molecule has 26 aromatic rings. The monoisotopic (exact) mass is 1680 g/mol. The number of nitrogens with zero attached hydrogens (tertiary/aromatic N) is 3. The van der Waals surface area contributed by atoms with E-state index in [1.165, 1.54) is 227 Å². The number of thiophene rings is 2. The Morgan fingerprint density at radius 1 is 0.209 bits per heavy atom. The fraction of sp³-hybridized carbons (Fsp3) is 0.0732. The van der Waals surface area contributed by atoms with Crippen LogP contribution in [0.25, 0.3) is 233 Å². The molecule has 0 amide bonds. The molecule has 20 aromatic carbocycles. The van der Waals surface area contributed by atoms with Crippen LogP contribution in [0.5, 0.6) is 0 Å². The summed E-state index contributed by atoms with van der Waals surface area (Å²) in [6.07, 6.45) is 0. The Morgan fingerprint density at radius 3 is 1.02 bits per heavy atom. The van der Waals surface area contributed by atoms with Gasteiger partial charge < -0.3 is 18.1 Å². The molecule has 0 N–H and O–H groups in total. The van der Waals surface area contributed by atoms with Crippen molar-refractivity contribution in [3.05, 3.63) is 428 Å². The maximum absolute atomic E-state index is 6.36. The number of aromatic nitrogens is 3. The van der Waals surface area contributed by atoms with Crippen molar-refractivity contribution in [3.63, 3.8) is 0 Å². The van der Waals surface area contributed by atoms with Crippen molar-refractivity contribution in [2.75, 3.05) is 0 Å². The van der Waals surface area contributed by atoms with Crippen LogP contribution < -0.4 is 0 Å². The van der Waals surface area contributed by atoms with E-state index in [9.17, 15) is 0 Å². The lowest BCUT2D eigenvalue weighted by Gasteiger charge is -2.23. The number of para-hydroxylation sites is 5. The van der Waals surface area contributed by atoms with E-state index < -0.39 is 0 Å². The first-order valence-electron chi connectivity index (χ1n) is 45.0. The highest BCUT2D eigenvalue weighted by molar-refractivity contribution is 7.26. The van der Waals surface area contributed by atoms with E-state index in [2.05, 4.69) is 437 Å². The fourth-order valence-corrected chi connectivity index (χ4v) is 26.2. The van der Waals surface area contributed by atoms with Crippen molar-refractivity contribution >= 4 is 183 Å². The average Bonchev–Trinajstić information content (AvgIpc) is 1.55. The zero-order valence-electron chi connectivity index (χ0n) is 72.1. The van der Waals surface area contributed by atoms with Crippen LogP contribution in [0.1, 0.15) is 74.9 Å². The summed E-state index contributed by atoms with van der Waals surface area (Å²) in [7, 11) is 0. The van der Waals surface area contributed by atoms with Gasteiger partial charge in [0.1, 0.15) is 11.2 Å². The minimum atomic E-state index is -0.0595. The molecule has 29 rings (SSSR count). The van der Waals surface area contributed by atoms with Gasteiger partial charge in [-0.2, -0.15) is 0 Å². The fourth-order valence-electron chi connectivity index (χ4n) is 23.8. The van der Waals surface area contributed by atoms with Crippen LogP contribution in [0.4, 0.5) is 0 Å². The number of benzene rings is 20. The summed E-state index contributed by atoms with van der Waals surface area (Å²) in [6.45, 7) is 14.3. The molecule has 6 heteroatoms. The lowest BCUT2D eigenvalue weighted by molar-refractivity contribution is 0.666. The molecule has 4 nitrogen and oxygen atoms in total. The molecule has 0 unspecified atom stereocenters. The average molecular weight is 1680 g/mol. The van der Waals surface area contributed by atoms with Crippen molar-refractivity contribution in [2.24, 2.45) is 0 Å². The third-order valence-corrected chi connectivity index (χ3v) is 31.8. The van der Waals surface area contributed by atoms with Gasteiger partial charge in [-0.1, -0.05) is 351 Å². The molecule has 3 aliphatic carbocycles. The molecule has 6 heterocycles. The highest BCUT2D eigenvalue weighted by Gasteiger charge is 2.41. The second kappa shape index (κ2) is 27.4. The number of furan rings is 1. The Kier molecular flexibility index (Phi) is 15.8. The first kappa shape index (κ1) is 74.1.